The van der Waals surface area contributed by atoms with Gasteiger partial charge < -0.3 is 10.1 Å². The normalized spacial score (nSPS) is 10.6. The second-order valence-corrected chi connectivity index (χ2v) is 4.07. The van der Waals surface area contributed by atoms with Crippen LogP contribution in [0.1, 0.15) is 28.8 Å². The third-order valence-corrected chi connectivity index (χ3v) is 2.70. The first-order chi connectivity index (χ1) is 8.08. The Bertz CT molecular complexity index is 583. The lowest BCUT2D eigenvalue weighted by molar-refractivity contribution is -0.136. The van der Waals surface area contributed by atoms with Crippen LogP contribution in [0.15, 0.2) is 24.4 Å². The number of hydrogen-bond donors (Lipinski definition) is 2. The van der Waals surface area contributed by atoms with Crippen LogP contribution in [-0.2, 0) is 4.79 Å². The number of fused-ring (bicyclic) bond motifs is 1. The van der Waals surface area contributed by atoms with E-state index in [4.69, 9.17) is 5.11 Å². The molecule has 4 heteroatoms. The first-order valence-electron chi connectivity index (χ1n) is 5.40. The van der Waals surface area contributed by atoms with Crippen molar-refractivity contribution in [2.45, 2.75) is 19.8 Å². The number of hydrogen-bond acceptors (Lipinski definition) is 2. The van der Waals surface area contributed by atoms with Crippen LogP contribution >= 0.6 is 0 Å². The van der Waals surface area contributed by atoms with Gasteiger partial charge in [0.15, 0.2) is 5.78 Å². The van der Waals surface area contributed by atoms with Crippen LogP contribution < -0.4 is 0 Å². The molecule has 0 atom stereocenters. The van der Waals surface area contributed by atoms with Crippen molar-refractivity contribution in [2.75, 3.05) is 0 Å². The molecule has 1 aromatic heterocycles. The molecule has 2 rings (SSSR count). The number of carboxylic acids is 1. The monoisotopic (exact) mass is 231 g/mol. The minimum atomic E-state index is -0.950. The first-order valence-corrected chi connectivity index (χ1v) is 5.40. The van der Waals surface area contributed by atoms with Crippen LogP contribution in [-0.4, -0.2) is 21.8 Å². The molecule has 4 nitrogen and oxygen atoms in total. The molecule has 0 aliphatic carbocycles. The summed E-state index contributed by atoms with van der Waals surface area (Å²) in [5.74, 6) is -1.09. The zero-order valence-electron chi connectivity index (χ0n) is 9.49. The van der Waals surface area contributed by atoms with Crippen LogP contribution in [0.4, 0.5) is 0 Å². The first kappa shape index (κ1) is 11.4. The number of rotatable bonds is 4. The van der Waals surface area contributed by atoms with E-state index in [2.05, 4.69) is 4.98 Å². The lowest BCUT2D eigenvalue weighted by Crippen LogP contribution is -2.03. The maximum absolute atomic E-state index is 11.8. The molecule has 0 spiro atoms. The molecule has 0 radical (unpaired) electrons. The van der Waals surface area contributed by atoms with Crippen LogP contribution in [0, 0.1) is 6.92 Å². The number of ketones is 1. The fourth-order valence-corrected chi connectivity index (χ4v) is 1.83. The maximum atomic E-state index is 11.8. The molecule has 17 heavy (non-hydrogen) atoms. The molecule has 0 saturated heterocycles. The SMILES string of the molecule is Cc1ccc2c(C(=O)CCC(=O)O)c[nH]c2c1. The van der Waals surface area contributed by atoms with Gasteiger partial charge in [0, 0.05) is 29.1 Å². The zero-order chi connectivity index (χ0) is 12.4. The summed E-state index contributed by atoms with van der Waals surface area (Å²) in [4.78, 5) is 25.3. The Labute approximate surface area is 98.3 Å². The number of aliphatic carboxylic acids is 1. The van der Waals surface area contributed by atoms with Crippen LogP contribution in [0.2, 0.25) is 0 Å². The minimum Gasteiger partial charge on any atom is -0.481 e. The fraction of sp³-hybridized carbons (Fsp3) is 0.231. The number of aromatic amines is 1. The standard InChI is InChI=1S/C13H13NO3/c1-8-2-3-9-10(7-14-11(9)6-8)12(15)4-5-13(16)17/h2-3,6-7,14H,4-5H2,1H3,(H,16,17). The highest BCUT2D eigenvalue weighted by Crippen LogP contribution is 2.21. The van der Waals surface area contributed by atoms with Gasteiger partial charge in [-0.25, -0.2) is 0 Å². The van der Waals surface area contributed by atoms with Crippen LogP contribution in [0.5, 0.6) is 0 Å². The number of Topliss-reactive ketones (excluding diaryl/α,β-unsaturated/α-hetero) is 1. The third-order valence-electron chi connectivity index (χ3n) is 2.70. The van der Waals surface area contributed by atoms with Crippen LogP contribution in [0.3, 0.4) is 0 Å². The van der Waals surface area contributed by atoms with E-state index in [1.165, 1.54) is 0 Å². The predicted molar refractivity (Wildman–Crippen MR) is 64.2 cm³/mol. The van der Waals surface area contributed by atoms with Crippen molar-refractivity contribution in [1.82, 2.24) is 4.98 Å². The minimum absolute atomic E-state index is 0.0379. The number of carbonyl (C=O) groups is 2. The molecule has 88 valence electrons. The zero-order valence-corrected chi connectivity index (χ0v) is 9.49. The van der Waals surface area contributed by atoms with E-state index in [0.717, 1.165) is 16.5 Å². The number of benzene rings is 1. The van der Waals surface area contributed by atoms with Crippen molar-refractivity contribution < 1.29 is 14.7 Å². The van der Waals surface area contributed by atoms with E-state index in [1.807, 2.05) is 25.1 Å². The Morgan fingerprint density at radius 1 is 1.29 bits per heavy atom. The number of carbonyl (C=O) groups excluding carboxylic acids is 1. The van der Waals surface area contributed by atoms with Crippen molar-refractivity contribution in [3.63, 3.8) is 0 Å². The summed E-state index contributed by atoms with van der Waals surface area (Å²) in [5, 5.41) is 9.40. The van der Waals surface area contributed by atoms with Gasteiger partial charge in [-0.2, -0.15) is 0 Å². The van der Waals surface area contributed by atoms with Gasteiger partial charge in [-0.3, -0.25) is 9.59 Å². The number of aromatic nitrogens is 1. The summed E-state index contributed by atoms with van der Waals surface area (Å²) in [6.45, 7) is 1.98. The molecule has 2 N–H and O–H groups in total. The van der Waals surface area contributed by atoms with E-state index < -0.39 is 5.97 Å². The lowest BCUT2D eigenvalue weighted by Gasteiger charge is -1.98. The smallest absolute Gasteiger partial charge is 0.303 e. The van der Waals surface area contributed by atoms with Gasteiger partial charge in [-0.15, -0.1) is 0 Å². The number of nitrogens with one attached hydrogen (secondary N) is 1. The maximum Gasteiger partial charge on any atom is 0.303 e. The second kappa shape index (κ2) is 4.41. The van der Waals surface area contributed by atoms with Crippen molar-refractivity contribution in [2.24, 2.45) is 0 Å². The van der Waals surface area contributed by atoms with Gasteiger partial charge in [0.05, 0.1) is 6.42 Å². The fourth-order valence-electron chi connectivity index (χ4n) is 1.83. The molecule has 0 saturated carbocycles. The van der Waals surface area contributed by atoms with Gasteiger partial charge >= 0.3 is 5.97 Å². The third kappa shape index (κ3) is 2.36. The summed E-state index contributed by atoms with van der Waals surface area (Å²) >= 11 is 0. The summed E-state index contributed by atoms with van der Waals surface area (Å²) in [5.41, 5.74) is 2.59. The number of aryl methyl sites for hydroxylation is 1. The summed E-state index contributed by atoms with van der Waals surface area (Å²) in [6, 6.07) is 5.78. The quantitative estimate of drug-likeness (QED) is 0.794. The summed E-state index contributed by atoms with van der Waals surface area (Å²) in [7, 11) is 0. The van der Waals surface area contributed by atoms with E-state index >= 15 is 0 Å². The molecular weight excluding hydrogens is 218 g/mol. The Morgan fingerprint density at radius 3 is 2.76 bits per heavy atom. The molecular formula is C13H13NO3. The van der Waals surface area contributed by atoms with Gasteiger partial charge in [-0.1, -0.05) is 12.1 Å². The van der Waals surface area contributed by atoms with Crippen molar-refractivity contribution in [1.29, 1.82) is 0 Å². The van der Waals surface area contributed by atoms with Gasteiger partial charge in [0.2, 0.25) is 0 Å². The Balaban J connectivity index is 2.29. The molecule has 2 aromatic rings. The molecule has 1 aromatic carbocycles. The molecule has 0 aliphatic heterocycles. The predicted octanol–water partition coefficient (Wildman–Crippen LogP) is 2.52. The lowest BCUT2D eigenvalue weighted by atomic mass is 10.0. The van der Waals surface area contributed by atoms with Gasteiger partial charge in [0.1, 0.15) is 0 Å². The Morgan fingerprint density at radius 2 is 2.06 bits per heavy atom. The van der Waals surface area contributed by atoms with Crippen LogP contribution in [0.25, 0.3) is 10.9 Å². The largest absolute Gasteiger partial charge is 0.481 e. The van der Waals surface area contributed by atoms with E-state index in [0.29, 0.717) is 5.56 Å². The topological polar surface area (TPSA) is 70.2 Å². The second-order valence-electron chi connectivity index (χ2n) is 4.07. The highest BCUT2D eigenvalue weighted by molar-refractivity contribution is 6.08. The Hall–Kier alpha value is -2.10. The molecule has 1 heterocycles. The number of H-pyrrole nitrogens is 1. The molecule has 0 fully saturated rings. The van der Waals surface area contributed by atoms with Gasteiger partial charge in [-0.05, 0) is 18.6 Å². The van der Waals surface area contributed by atoms with E-state index in [9.17, 15) is 9.59 Å². The van der Waals surface area contributed by atoms with Crippen molar-refractivity contribution in [3.05, 3.63) is 35.5 Å². The Kier molecular flexibility index (Phi) is 2.95. The summed E-state index contributed by atoms with van der Waals surface area (Å²) in [6.07, 6.45) is 1.56. The average Bonchev–Trinajstić information content (AvgIpc) is 2.68. The average molecular weight is 231 g/mol. The molecule has 0 aliphatic rings. The highest BCUT2D eigenvalue weighted by atomic mass is 16.4. The molecule has 0 amide bonds. The van der Waals surface area contributed by atoms with Crippen molar-refractivity contribution in [3.8, 4) is 0 Å². The molecule has 0 unspecified atom stereocenters. The van der Waals surface area contributed by atoms with Crippen molar-refractivity contribution >= 4 is 22.7 Å². The number of carboxylic acid groups (broad SMARTS) is 1. The highest BCUT2D eigenvalue weighted by Gasteiger charge is 2.13. The van der Waals surface area contributed by atoms with E-state index in [-0.39, 0.29) is 18.6 Å². The van der Waals surface area contributed by atoms with Gasteiger partial charge in [0.25, 0.3) is 0 Å². The molecule has 0 bridgehead atoms. The van der Waals surface area contributed by atoms with E-state index in [1.54, 1.807) is 6.20 Å². The summed E-state index contributed by atoms with van der Waals surface area (Å²) < 4.78 is 0.